The standard InChI is InChI=1S/C11H14N4/c1-9-3-2-4-10(5-9)11(6-12)15-8-13-7-14-15/h2-5,7-8,11H,6,12H2,1H3. The van der Waals surface area contributed by atoms with E-state index in [1.54, 1.807) is 11.0 Å². The molecule has 0 amide bonds. The third-order valence-corrected chi connectivity index (χ3v) is 2.41. The highest BCUT2D eigenvalue weighted by Gasteiger charge is 2.11. The molecule has 1 aromatic carbocycles. The van der Waals surface area contributed by atoms with Gasteiger partial charge in [0, 0.05) is 6.54 Å². The van der Waals surface area contributed by atoms with Crippen LogP contribution in [0.1, 0.15) is 17.2 Å². The van der Waals surface area contributed by atoms with Crippen LogP contribution in [-0.4, -0.2) is 21.3 Å². The summed E-state index contributed by atoms with van der Waals surface area (Å²) in [6.07, 6.45) is 3.22. The zero-order valence-corrected chi connectivity index (χ0v) is 8.67. The van der Waals surface area contributed by atoms with Gasteiger partial charge in [-0.1, -0.05) is 29.8 Å². The summed E-state index contributed by atoms with van der Waals surface area (Å²) in [7, 11) is 0. The van der Waals surface area contributed by atoms with Gasteiger partial charge in [0.1, 0.15) is 12.7 Å². The molecule has 0 aliphatic heterocycles. The van der Waals surface area contributed by atoms with Crippen molar-refractivity contribution < 1.29 is 0 Å². The molecule has 0 fully saturated rings. The zero-order chi connectivity index (χ0) is 10.7. The molecule has 15 heavy (non-hydrogen) atoms. The average molecular weight is 202 g/mol. The van der Waals surface area contributed by atoms with Crippen molar-refractivity contribution in [2.75, 3.05) is 6.54 Å². The molecule has 2 N–H and O–H groups in total. The van der Waals surface area contributed by atoms with Gasteiger partial charge in [0.05, 0.1) is 6.04 Å². The van der Waals surface area contributed by atoms with E-state index >= 15 is 0 Å². The van der Waals surface area contributed by atoms with E-state index in [1.807, 2.05) is 6.07 Å². The Morgan fingerprint density at radius 1 is 1.47 bits per heavy atom. The van der Waals surface area contributed by atoms with E-state index in [1.165, 1.54) is 17.5 Å². The number of hydrogen-bond acceptors (Lipinski definition) is 3. The van der Waals surface area contributed by atoms with E-state index < -0.39 is 0 Å². The molecule has 2 rings (SSSR count). The van der Waals surface area contributed by atoms with Crippen LogP contribution in [0.5, 0.6) is 0 Å². The molecule has 0 aliphatic rings. The van der Waals surface area contributed by atoms with Gasteiger partial charge >= 0.3 is 0 Å². The van der Waals surface area contributed by atoms with E-state index in [2.05, 4.69) is 35.2 Å². The summed E-state index contributed by atoms with van der Waals surface area (Å²) in [6.45, 7) is 2.59. The van der Waals surface area contributed by atoms with Gasteiger partial charge in [-0.05, 0) is 12.5 Å². The Morgan fingerprint density at radius 3 is 2.93 bits per heavy atom. The summed E-state index contributed by atoms with van der Waals surface area (Å²) in [5.74, 6) is 0. The summed E-state index contributed by atoms with van der Waals surface area (Å²) in [5.41, 5.74) is 8.15. The predicted octanol–water partition coefficient (Wildman–Crippen LogP) is 1.13. The fourth-order valence-corrected chi connectivity index (χ4v) is 1.65. The predicted molar refractivity (Wildman–Crippen MR) is 58.4 cm³/mol. The third-order valence-electron chi connectivity index (χ3n) is 2.41. The number of rotatable bonds is 3. The maximum atomic E-state index is 5.76. The Kier molecular flexibility index (Phi) is 2.78. The molecule has 2 aromatic rings. The van der Waals surface area contributed by atoms with Gasteiger partial charge in [0.2, 0.25) is 0 Å². The minimum absolute atomic E-state index is 0.0763. The van der Waals surface area contributed by atoms with E-state index in [0.717, 1.165) is 0 Å². The van der Waals surface area contributed by atoms with Crippen LogP contribution in [-0.2, 0) is 0 Å². The van der Waals surface area contributed by atoms with Crippen LogP contribution in [0, 0.1) is 6.92 Å². The first-order valence-electron chi connectivity index (χ1n) is 4.92. The van der Waals surface area contributed by atoms with E-state index in [-0.39, 0.29) is 6.04 Å². The molecule has 4 nitrogen and oxygen atoms in total. The topological polar surface area (TPSA) is 56.7 Å². The Labute approximate surface area is 88.8 Å². The summed E-state index contributed by atoms with van der Waals surface area (Å²) in [6, 6.07) is 8.36. The SMILES string of the molecule is Cc1cccc(C(CN)n2cncn2)c1. The molecule has 78 valence electrons. The summed E-state index contributed by atoms with van der Waals surface area (Å²) < 4.78 is 1.79. The minimum Gasteiger partial charge on any atom is -0.328 e. The van der Waals surface area contributed by atoms with E-state index in [0.29, 0.717) is 6.54 Å². The second kappa shape index (κ2) is 4.23. The van der Waals surface area contributed by atoms with Gasteiger partial charge in [-0.3, -0.25) is 0 Å². The largest absolute Gasteiger partial charge is 0.328 e. The molecular weight excluding hydrogens is 188 g/mol. The highest BCUT2D eigenvalue weighted by atomic mass is 15.3. The first-order chi connectivity index (χ1) is 7.31. The summed E-state index contributed by atoms with van der Waals surface area (Å²) >= 11 is 0. The van der Waals surface area contributed by atoms with Crippen molar-refractivity contribution in [3.05, 3.63) is 48.0 Å². The van der Waals surface area contributed by atoms with Crippen molar-refractivity contribution >= 4 is 0 Å². The Morgan fingerprint density at radius 2 is 2.33 bits per heavy atom. The Balaban J connectivity index is 2.35. The molecule has 1 aromatic heterocycles. The lowest BCUT2D eigenvalue weighted by atomic mass is 10.1. The average Bonchev–Trinajstić information content (AvgIpc) is 2.72. The van der Waals surface area contributed by atoms with Crippen LogP contribution in [0.3, 0.4) is 0 Å². The van der Waals surface area contributed by atoms with Crippen LogP contribution in [0.4, 0.5) is 0 Å². The molecular formula is C11H14N4. The number of aryl methyl sites for hydroxylation is 1. The van der Waals surface area contributed by atoms with Gasteiger partial charge in [-0.2, -0.15) is 5.10 Å². The van der Waals surface area contributed by atoms with E-state index in [4.69, 9.17) is 5.73 Å². The molecule has 4 heteroatoms. The van der Waals surface area contributed by atoms with Gasteiger partial charge in [-0.25, -0.2) is 9.67 Å². The molecule has 0 saturated carbocycles. The van der Waals surface area contributed by atoms with Gasteiger partial charge < -0.3 is 5.73 Å². The maximum Gasteiger partial charge on any atom is 0.137 e. The quantitative estimate of drug-likeness (QED) is 0.811. The lowest BCUT2D eigenvalue weighted by molar-refractivity contribution is 0.530. The number of benzene rings is 1. The molecule has 1 atom stereocenters. The second-order valence-corrected chi connectivity index (χ2v) is 3.54. The van der Waals surface area contributed by atoms with Crippen molar-refractivity contribution in [2.45, 2.75) is 13.0 Å². The van der Waals surface area contributed by atoms with Crippen molar-refractivity contribution in [1.29, 1.82) is 0 Å². The molecule has 0 bridgehead atoms. The lowest BCUT2D eigenvalue weighted by Gasteiger charge is -2.15. The first kappa shape index (κ1) is 9.86. The fraction of sp³-hybridized carbons (Fsp3) is 0.273. The molecule has 0 spiro atoms. The van der Waals surface area contributed by atoms with Crippen LogP contribution >= 0.6 is 0 Å². The van der Waals surface area contributed by atoms with Crippen molar-refractivity contribution in [1.82, 2.24) is 14.8 Å². The molecule has 0 radical (unpaired) electrons. The monoisotopic (exact) mass is 202 g/mol. The van der Waals surface area contributed by atoms with Crippen LogP contribution in [0.2, 0.25) is 0 Å². The van der Waals surface area contributed by atoms with E-state index in [9.17, 15) is 0 Å². The van der Waals surface area contributed by atoms with Gasteiger partial charge in [0.25, 0.3) is 0 Å². The summed E-state index contributed by atoms with van der Waals surface area (Å²) in [4.78, 5) is 3.94. The Bertz CT molecular complexity index is 422. The fourth-order valence-electron chi connectivity index (χ4n) is 1.65. The highest BCUT2D eigenvalue weighted by Crippen LogP contribution is 2.16. The Hall–Kier alpha value is -1.68. The lowest BCUT2D eigenvalue weighted by Crippen LogP contribution is -2.20. The van der Waals surface area contributed by atoms with Crippen LogP contribution in [0.15, 0.2) is 36.9 Å². The number of nitrogens with zero attached hydrogens (tertiary/aromatic N) is 3. The molecule has 1 unspecified atom stereocenters. The highest BCUT2D eigenvalue weighted by molar-refractivity contribution is 5.25. The first-order valence-corrected chi connectivity index (χ1v) is 4.92. The van der Waals surface area contributed by atoms with Crippen LogP contribution in [0.25, 0.3) is 0 Å². The number of aromatic nitrogens is 3. The number of nitrogens with two attached hydrogens (primary N) is 1. The minimum atomic E-state index is 0.0763. The zero-order valence-electron chi connectivity index (χ0n) is 8.67. The van der Waals surface area contributed by atoms with Crippen molar-refractivity contribution in [2.24, 2.45) is 5.73 Å². The second-order valence-electron chi connectivity index (χ2n) is 3.54. The normalized spacial score (nSPS) is 12.7. The van der Waals surface area contributed by atoms with Crippen molar-refractivity contribution in [3.63, 3.8) is 0 Å². The third kappa shape index (κ3) is 2.05. The van der Waals surface area contributed by atoms with Crippen molar-refractivity contribution in [3.8, 4) is 0 Å². The smallest absolute Gasteiger partial charge is 0.137 e. The molecule has 1 heterocycles. The maximum absolute atomic E-state index is 5.76. The van der Waals surface area contributed by atoms with Gasteiger partial charge in [-0.15, -0.1) is 0 Å². The molecule has 0 saturated heterocycles. The van der Waals surface area contributed by atoms with Gasteiger partial charge in [0.15, 0.2) is 0 Å². The summed E-state index contributed by atoms with van der Waals surface area (Å²) in [5, 5.41) is 4.12. The number of hydrogen-bond donors (Lipinski definition) is 1. The molecule has 0 aliphatic carbocycles. The van der Waals surface area contributed by atoms with Crippen LogP contribution < -0.4 is 5.73 Å².